The highest BCUT2D eigenvalue weighted by molar-refractivity contribution is 6.31. The van der Waals surface area contributed by atoms with Crippen LogP contribution in [0.1, 0.15) is 24.3 Å². The Kier molecular flexibility index (Phi) is 6.70. The van der Waals surface area contributed by atoms with E-state index in [0.717, 1.165) is 23.2 Å². The average molecular weight is 513 g/mol. The Morgan fingerprint density at radius 1 is 1.03 bits per heavy atom. The smallest absolute Gasteiger partial charge is 0.318 e. The predicted octanol–water partition coefficient (Wildman–Crippen LogP) is 5.20. The summed E-state index contributed by atoms with van der Waals surface area (Å²) in [6.07, 6.45) is -0.923. The van der Waals surface area contributed by atoms with E-state index in [2.05, 4.69) is 5.10 Å². The molecule has 0 radical (unpaired) electrons. The number of rotatable bonds is 7. The molecule has 36 heavy (non-hydrogen) atoms. The topological polar surface area (TPSA) is 147 Å². The van der Waals surface area contributed by atoms with Crippen molar-refractivity contribution in [1.82, 2.24) is 5.01 Å². The quantitative estimate of drug-likeness (QED) is 0.310. The lowest BCUT2D eigenvalue weighted by Crippen LogP contribution is -2.25. The number of benzene rings is 3. The molecule has 0 bridgehead atoms. The first-order valence-electron chi connectivity index (χ1n) is 10.3. The molecule has 184 valence electrons. The van der Waals surface area contributed by atoms with Gasteiger partial charge in [0.15, 0.2) is 11.5 Å². The number of hydrogen-bond donors (Lipinski definition) is 0. The standard InChI is InChI=1S/C23H17ClN4O8/c1-13(29)26-23(36-22(25-26)14-4-3-5-16(24)10-14)15-6-8-20(21(11-15)34-2)35-19-9-7-17(27(30)31)12-18(19)28(32)33/h3-12,23H,1-2H3/t23-/m1/s1. The first kappa shape index (κ1) is 24.4. The van der Waals surface area contributed by atoms with Crippen LogP contribution >= 0.6 is 11.6 Å². The maximum atomic E-state index is 12.3. The van der Waals surface area contributed by atoms with Gasteiger partial charge in [0, 0.05) is 29.1 Å². The van der Waals surface area contributed by atoms with Crippen molar-refractivity contribution in [3.05, 3.63) is 97.0 Å². The van der Waals surface area contributed by atoms with Gasteiger partial charge in [0.05, 0.1) is 23.0 Å². The molecule has 0 N–H and O–H groups in total. The Morgan fingerprint density at radius 2 is 1.78 bits per heavy atom. The summed E-state index contributed by atoms with van der Waals surface area (Å²) in [7, 11) is 1.36. The number of nitrogens with zero attached hydrogens (tertiary/aromatic N) is 4. The Hall–Kier alpha value is -4.71. The van der Waals surface area contributed by atoms with E-state index in [0.29, 0.717) is 16.1 Å². The van der Waals surface area contributed by atoms with Crippen LogP contribution in [-0.4, -0.2) is 33.8 Å². The minimum Gasteiger partial charge on any atom is -0.493 e. The second-order valence-corrected chi connectivity index (χ2v) is 7.86. The van der Waals surface area contributed by atoms with Crippen LogP contribution in [0.5, 0.6) is 17.2 Å². The number of non-ortho nitro benzene ring substituents is 1. The van der Waals surface area contributed by atoms with Crippen LogP contribution in [0, 0.1) is 20.2 Å². The summed E-state index contributed by atoms with van der Waals surface area (Å²) in [6, 6.07) is 14.4. The van der Waals surface area contributed by atoms with Crippen LogP contribution in [0.4, 0.5) is 11.4 Å². The highest BCUT2D eigenvalue weighted by Crippen LogP contribution is 2.40. The van der Waals surface area contributed by atoms with E-state index in [9.17, 15) is 25.0 Å². The molecule has 3 aromatic rings. The lowest BCUT2D eigenvalue weighted by molar-refractivity contribution is -0.394. The first-order valence-corrected chi connectivity index (χ1v) is 10.7. The van der Waals surface area contributed by atoms with E-state index in [4.69, 9.17) is 25.8 Å². The van der Waals surface area contributed by atoms with Crippen molar-refractivity contribution in [2.45, 2.75) is 13.2 Å². The van der Waals surface area contributed by atoms with Gasteiger partial charge in [0.2, 0.25) is 23.8 Å². The summed E-state index contributed by atoms with van der Waals surface area (Å²) in [4.78, 5) is 33.1. The molecule has 1 atom stereocenters. The van der Waals surface area contributed by atoms with Crippen LogP contribution in [0.15, 0.2) is 65.8 Å². The second-order valence-electron chi connectivity index (χ2n) is 7.43. The van der Waals surface area contributed by atoms with Gasteiger partial charge in [-0.3, -0.25) is 25.0 Å². The third-order valence-corrected chi connectivity index (χ3v) is 5.32. The van der Waals surface area contributed by atoms with Gasteiger partial charge < -0.3 is 14.2 Å². The number of carbonyl (C=O) groups is 1. The number of nitro benzene ring substituents is 2. The fourth-order valence-electron chi connectivity index (χ4n) is 3.41. The van der Waals surface area contributed by atoms with Crippen molar-refractivity contribution < 1.29 is 28.9 Å². The van der Waals surface area contributed by atoms with Crippen LogP contribution in [0.2, 0.25) is 5.02 Å². The van der Waals surface area contributed by atoms with Gasteiger partial charge in [0.25, 0.3) is 5.69 Å². The minimum atomic E-state index is -0.923. The third-order valence-electron chi connectivity index (χ3n) is 5.08. The molecule has 3 aromatic carbocycles. The van der Waals surface area contributed by atoms with Crippen molar-refractivity contribution in [2.75, 3.05) is 7.11 Å². The van der Waals surface area contributed by atoms with E-state index in [1.165, 1.54) is 26.2 Å². The molecule has 1 heterocycles. The summed E-state index contributed by atoms with van der Waals surface area (Å²) in [6.45, 7) is 1.34. The molecule has 1 aliphatic heterocycles. The minimum absolute atomic E-state index is 0.0987. The van der Waals surface area contributed by atoms with Gasteiger partial charge in [-0.1, -0.05) is 17.7 Å². The number of hydrazone groups is 1. The molecule has 1 amide bonds. The largest absolute Gasteiger partial charge is 0.493 e. The summed E-state index contributed by atoms with van der Waals surface area (Å²) in [5.74, 6) is -0.132. The van der Waals surface area contributed by atoms with Gasteiger partial charge in [-0.05, 0) is 42.5 Å². The van der Waals surface area contributed by atoms with Gasteiger partial charge in [0.1, 0.15) is 0 Å². The number of halogens is 1. The van der Waals surface area contributed by atoms with E-state index in [-0.39, 0.29) is 29.1 Å². The summed E-state index contributed by atoms with van der Waals surface area (Å²) >= 11 is 6.06. The molecule has 0 unspecified atom stereocenters. The number of methoxy groups -OCH3 is 1. The van der Waals surface area contributed by atoms with E-state index < -0.39 is 27.4 Å². The average Bonchev–Trinajstić information content (AvgIpc) is 3.30. The number of carbonyl (C=O) groups excluding carboxylic acids is 1. The number of ether oxygens (including phenoxy) is 3. The molecule has 1 aliphatic rings. The molecule has 0 aliphatic carbocycles. The highest BCUT2D eigenvalue weighted by Gasteiger charge is 2.34. The number of amides is 1. The van der Waals surface area contributed by atoms with Gasteiger partial charge in [-0.15, -0.1) is 5.10 Å². The molecule has 4 rings (SSSR count). The zero-order valence-electron chi connectivity index (χ0n) is 18.8. The zero-order valence-corrected chi connectivity index (χ0v) is 19.5. The summed E-state index contributed by atoms with van der Waals surface area (Å²) in [5, 5.41) is 28.3. The fourth-order valence-corrected chi connectivity index (χ4v) is 3.60. The lowest BCUT2D eigenvalue weighted by atomic mass is 10.1. The Bertz CT molecular complexity index is 1410. The molecule has 0 saturated carbocycles. The lowest BCUT2D eigenvalue weighted by Gasteiger charge is -2.20. The van der Waals surface area contributed by atoms with Gasteiger partial charge in [-0.2, -0.15) is 5.01 Å². The van der Waals surface area contributed by atoms with Crippen LogP contribution in [0.3, 0.4) is 0 Å². The molecule has 13 heteroatoms. The molecule has 0 aromatic heterocycles. The van der Waals surface area contributed by atoms with Gasteiger partial charge >= 0.3 is 5.69 Å². The zero-order chi connectivity index (χ0) is 26.0. The SMILES string of the molecule is COc1cc([C@H]2OC(c3cccc(Cl)c3)=NN2C(C)=O)ccc1Oc1ccc([N+](=O)[O-])cc1[N+](=O)[O-]. The van der Waals surface area contributed by atoms with Crippen molar-refractivity contribution in [3.63, 3.8) is 0 Å². The Morgan fingerprint density at radius 3 is 2.42 bits per heavy atom. The first-order chi connectivity index (χ1) is 17.2. The van der Waals surface area contributed by atoms with Crippen LogP contribution in [-0.2, 0) is 9.53 Å². The Balaban J connectivity index is 1.65. The summed E-state index contributed by atoms with van der Waals surface area (Å²) in [5.41, 5.74) is 0.0216. The van der Waals surface area contributed by atoms with Crippen molar-refractivity contribution in [2.24, 2.45) is 5.10 Å². The second kappa shape index (κ2) is 9.88. The van der Waals surface area contributed by atoms with Crippen LogP contribution < -0.4 is 9.47 Å². The van der Waals surface area contributed by atoms with Crippen LogP contribution in [0.25, 0.3) is 0 Å². The van der Waals surface area contributed by atoms with Gasteiger partial charge in [-0.25, -0.2) is 0 Å². The molecular formula is C23H17ClN4O8. The Labute approximate surface area is 208 Å². The molecule has 0 spiro atoms. The normalized spacial score (nSPS) is 14.6. The fraction of sp³-hybridized carbons (Fsp3) is 0.130. The van der Waals surface area contributed by atoms with E-state index in [1.807, 2.05) is 0 Å². The maximum Gasteiger partial charge on any atom is 0.318 e. The summed E-state index contributed by atoms with van der Waals surface area (Å²) < 4.78 is 17.0. The predicted molar refractivity (Wildman–Crippen MR) is 127 cm³/mol. The van der Waals surface area contributed by atoms with Crippen molar-refractivity contribution in [3.8, 4) is 17.2 Å². The molecular weight excluding hydrogens is 496 g/mol. The van der Waals surface area contributed by atoms with Crippen molar-refractivity contribution in [1.29, 1.82) is 0 Å². The van der Waals surface area contributed by atoms with E-state index >= 15 is 0 Å². The monoisotopic (exact) mass is 512 g/mol. The maximum absolute atomic E-state index is 12.3. The molecule has 12 nitrogen and oxygen atoms in total. The molecule has 0 saturated heterocycles. The number of nitro groups is 2. The van der Waals surface area contributed by atoms with Crippen molar-refractivity contribution >= 4 is 34.8 Å². The van der Waals surface area contributed by atoms with E-state index in [1.54, 1.807) is 30.3 Å². The third kappa shape index (κ3) is 4.88. The number of hydrogen-bond acceptors (Lipinski definition) is 9. The molecule has 0 fully saturated rings. The highest BCUT2D eigenvalue weighted by atomic mass is 35.5.